The molecule has 1 aromatic rings. The predicted molar refractivity (Wildman–Crippen MR) is 81.8 cm³/mol. The van der Waals surface area contributed by atoms with Gasteiger partial charge in [0.05, 0.1) is 12.3 Å². The second-order valence-corrected chi connectivity index (χ2v) is 6.39. The highest BCUT2D eigenvalue weighted by Gasteiger charge is 2.39. The quantitative estimate of drug-likeness (QED) is 0.703. The van der Waals surface area contributed by atoms with E-state index in [1.807, 2.05) is 0 Å². The molecule has 22 heavy (non-hydrogen) atoms. The van der Waals surface area contributed by atoms with E-state index in [1.54, 1.807) is 6.92 Å². The number of aromatic amines is 2. The smallest absolute Gasteiger partial charge is 0.356 e. The van der Waals surface area contributed by atoms with Crippen LogP contribution in [-0.2, 0) is 11.3 Å². The van der Waals surface area contributed by atoms with Crippen LogP contribution in [0.1, 0.15) is 42.4 Å². The summed E-state index contributed by atoms with van der Waals surface area (Å²) in [6.07, 6.45) is 3.65. The van der Waals surface area contributed by atoms with Crippen molar-refractivity contribution in [3.8, 4) is 0 Å². The topological polar surface area (TPSA) is 90.2 Å². The highest BCUT2D eigenvalue weighted by atomic mass is 16.5. The van der Waals surface area contributed by atoms with E-state index in [0.29, 0.717) is 24.3 Å². The maximum absolute atomic E-state index is 11.9. The van der Waals surface area contributed by atoms with Gasteiger partial charge in [-0.15, -0.1) is 0 Å². The number of piperidine rings is 1. The third kappa shape index (κ3) is 3.10. The Hall–Kier alpha value is -1.60. The van der Waals surface area contributed by atoms with E-state index in [4.69, 9.17) is 4.74 Å². The number of esters is 1. The lowest BCUT2D eigenvalue weighted by atomic mass is 9.80. The third-order valence-corrected chi connectivity index (χ3v) is 4.74. The summed E-state index contributed by atoms with van der Waals surface area (Å²) in [5, 5.41) is 3.49. The highest BCUT2D eigenvalue weighted by molar-refractivity contribution is 5.88. The van der Waals surface area contributed by atoms with Crippen LogP contribution >= 0.6 is 0 Å². The summed E-state index contributed by atoms with van der Waals surface area (Å²) in [5.74, 6) is -0.468. The van der Waals surface area contributed by atoms with Crippen LogP contribution in [0, 0.1) is 5.41 Å². The number of carbonyl (C=O) groups excluding carboxylic acids is 1. The Morgan fingerprint density at radius 1 is 1.36 bits per heavy atom. The van der Waals surface area contributed by atoms with Gasteiger partial charge in [0.15, 0.2) is 0 Å². The number of ether oxygens (including phenoxy) is 1. The molecule has 7 heteroatoms. The number of H-pyrrole nitrogens is 2. The zero-order valence-corrected chi connectivity index (χ0v) is 13.0. The molecule has 122 valence electrons. The van der Waals surface area contributed by atoms with Gasteiger partial charge in [0.2, 0.25) is 0 Å². The van der Waals surface area contributed by atoms with Crippen LogP contribution < -0.4 is 11.0 Å². The molecular weight excluding hydrogens is 284 g/mol. The first kappa shape index (κ1) is 15.3. The van der Waals surface area contributed by atoms with Gasteiger partial charge in [0.1, 0.15) is 5.69 Å². The van der Waals surface area contributed by atoms with E-state index in [1.165, 1.54) is 19.3 Å². The molecule has 0 saturated carbocycles. The lowest BCUT2D eigenvalue weighted by Crippen LogP contribution is -2.41. The Labute approximate surface area is 129 Å². The number of imidazole rings is 1. The van der Waals surface area contributed by atoms with E-state index in [2.05, 4.69) is 20.2 Å². The number of nitrogens with zero attached hydrogens (tertiary/aromatic N) is 1. The second-order valence-electron chi connectivity index (χ2n) is 6.39. The van der Waals surface area contributed by atoms with Gasteiger partial charge >= 0.3 is 11.7 Å². The van der Waals surface area contributed by atoms with E-state index < -0.39 is 5.97 Å². The van der Waals surface area contributed by atoms with Crippen molar-refractivity contribution in [3.63, 3.8) is 0 Å². The Morgan fingerprint density at radius 3 is 2.95 bits per heavy atom. The molecular formula is C15H24N4O3. The van der Waals surface area contributed by atoms with Gasteiger partial charge in [-0.25, -0.2) is 9.59 Å². The van der Waals surface area contributed by atoms with Crippen molar-refractivity contribution in [3.05, 3.63) is 21.9 Å². The van der Waals surface area contributed by atoms with Crippen LogP contribution in [0.25, 0.3) is 0 Å². The molecule has 0 aromatic carbocycles. The first-order valence-electron chi connectivity index (χ1n) is 8.03. The molecule has 1 unspecified atom stereocenters. The van der Waals surface area contributed by atoms with Crippen molar-refractivity contribution in [2.45, 2.75) is 32.7 Å². The minimum Gasteiger partial charge on any atom is -0.461 e. The van der Waals surface area contributed by atoms with Gasteiger partial charge in [-0.1, -0.05) is 0 Å². The molecule has 1 aromatic heterocycles. The zero-order valence-electron chi connectivity index (χ0n) is 13.0. The van der Waals surface area contributed by atoms with Crippen molar-refractivity contribution in [1.82, 2.24) is 20.2 Å². The fourth-order valence-electron chi connectivity index (χ4n) is 3.68. The van der Waals surface area contributed by atoms with Gasteiger partial charge in [-0.05, 0) is 44.7 Å². The normalized spacial score (nSPS) is 25.7. The van der Waals surface area contributed by atoms with Crippen LogP contribution in [0.4, 0.5) is 0 Å². The van der Waals surface area contributed by atoms with E-state index in [-0.39, 0.29) is 11.4 Å². The molecule has 3 N–H and O–H groups in total. The van der Waals surface area contributed by atoms with Crippen LogP contribution in [0.3, 0.4) is 0 Å². The van der Waals surface area contributed by atoms with Crippen LogP contribution in [0.5, 0.6) is 0 Å². The van der Waals surface area contributed by atoms with Crippen LogP contribution in [0.2, 0.25) is 0 Å². The van der Waals surface area contributed by atoms with Crippen LogP contribution in [-0.4, -0.2) is 53.6 Å². The molecule has 0 bridgehead atoms. The number of hydrogen-bond donors (Lipinski definition) is 3. The third-order valence-electron chi connectivity index (χ3n) is 4.74. The second kappa shape index (κ2) is 6.26. The molecule has 1 spiro atoms. The average Bonchev–Trinajstić information content (AvgIpc) is 3.05. The number of aromatic nitrogens is 2. The monoisotopic (exact) mass is 308 g/mol. The minimum absolute atomic E-state index is 0.259. The van der Waals surface area contributed by atoms with Crippen LogP contribution in [0.15, 0.2) is 4.79 Å². The lowest BCUT2D eigenvalue weighted by Gasteiger charge is -2.34. The molecule has 2 aliphatic rings. The lowest BCUT2D eigenvalue weighted by molar-refractivity contribution is 0.0517. The Bertz CT molecular complexity index is 586. The molecule has 3 rings (SSSR count). The predicted octanol–water partition coefficient (Wildman–Crippen LogP) is 0.455. The van der Waals surface area contributed by atoms with Gasteiger partial charge in [-0.2, -0.15) is 0 Å². The van der Waals surface area contributed by atoms with Gasteiger partial charge in [0.25, 0.3) is 0 Å². The Morgan fingerprint density at radius 2 is 2.23 bits per heavy atom. The van der Waals surface area contributed by atoms with Gasteiger partial charge in [-0.3, -0.25) is 9.88 Å². The van der Waals surface area contributed by atoms with E-state index >= 15 is 0 Å². The summed E-state index contributed by atoms with van der Waals surface area (Å²) in [6, 6.07) is 0. The Kier molecular flexibility index (Phi) is 4.35. The molecule has 2 aliphatic heterocycles. The number of likely N-dealkylation sites (tertiary alicyclic amines) is 1. The number of carbonyl (C=O) groups is 1. The van der Waals surface area contributed by atoms with Crippen molar-refractivity contribution < 1.29 is 9.53 Å². The van der Waals surface area contributed by atoms with E-state index in [9.17, 15) is 9.59 Å². The highest BCUT2D eigenvalue weighted by Crippen LogP contribution is 2.36. The maximum Gasteiger partial charge on any atom is 0.356 e. The van der Waals surface area contributed by atoms with Gasteiger partial charge < -0.3 is 15.0 Å². The molecule has 0 aliphatic carbocycles. The molecule has 1 atom stereocenters. The SMILES string of the molecule is CCOC(=O)c1[nH]c(=O)[nH]c1CN1CCC2(CCCNC2)C1. The summed E-state index contributed by atoms with van der Waals surface area (Å²) in [7, 11) is 0. The number of hydrogen-bond acceptors (Lipinski definition) is 5. The van der Waals surface area contributed by atoms with Crippen molar-refractivity contribution >= 4 is 5.97 Å². The molecule has 2 saturated heterocycles. The fraction of sp³-hybridized carbons (Fsp3) is 0.733. The fourth-order valence-corrected chi connectivity index (χ4v) is 3.68. The molecule has 2 fully saturated rings. The molecule has 3 heterocycles. The summed E-state index contributed by atoms with van der Waals surface area (Å²) in [5.41, 5.74) is 0.893. The maximum atomic E-state index is 11.9. The minimum atomic E-state index is -0.468. The van der Waals surface area contributed by atoms with Crippen molar-refractivity contribution in [2.75, 3.05) is 32.8 Å². The summed E-state index contributed by atoms with van der Waals surface area (Å²) >= 11 is 0. The first-order valence-corrected chi connectivity index (χ1v) is 8.03. The molecule has 0 amide bonds. The van der Waals surface area contributed by atoms with Crippen molar-refractivity contribution in [1.29, 1.82) is 0 Å². The summed E-state index contributed by atoms with van der Waals surface area (Å²) in [4.78, 5) is 31.0. The number of nitrogens with one attached hydrogen (secondary N) is 3. The molecule has 7 nitrogen and oxygen atoms in total. The summed E-state index contributed by atoms with van der Waals surface area (Å²) in [6.45, 7) is 6.81. The van der Waals surface area contributed by atoms with E-state index in [0.717, 1.165) is 26.2 Å². The Balaban J connectivity index is 1.69. The standard InChI is InChI=1S/C15H24N4O3/c1-2-22-13(20)12-11(17-14(21)18-12)8-19-7-5-15(10-19)4-3-6-16-9-15/h16H,2-10H2,1H3,(H2,17,18,21). The molecule has 0 radical (unpaired) electrons. The summed E-state index contributed by atoms with van der Waals surface area (Å²) < 4.78 is 5.00. The zero-order chi connectivity index (χ0) is 15.6. The largest absolute Gasteiger partial charge is 0.461 e. The van der Waals surface area contributed by atoms with Gasteiger partial charge in [0, 0.05) is 19.6 Å². The average molecular weight is 308 g/mol. The first-order chi connectivity index (χ1) is 10.6. The van der Waals surface area contributed by atoms with Crippen molar-refractivity contribution in [2.24, 2.45) is 5.41 Å². The number of rotatable bonds is 4.